The molecular weight excluding hydrogens is 279 g/mol. The lowest BCUT2D eigenvalue weighted by Crippen LogP contribution is -2.35. The minimum atomic E-state index is -4.20. The number of aryl methyl sites for hydroxylation is 2. The number of hydrogen-bond donors (Lipinski definition) is 1. The van der Waals surface area contributed by atoms with Crippen molar-refractivity contribution in [2.75, 3.05) is 13.1 Å². The number of rotatable bonds is 5. The summed E-state index contributed by atoms with van der Waals surface area (Å²) in [6, 6.07) is 3.55. The van der Waals surface area contributed by atoms with Crippen LogP contribution in [0.15, 0.2) is 12.1 Å². The first-order valence-corrected chi connectivity index (χ1v) is 6.27. The van der Waals surface area contributed by atoms with E-state index in [0.29, 0.717) is 10.8 Å². The van der Waals surface area contributed by atoms with Crippen LogP contribution in [0, 0.1) is 13.8 Å². The summed E-state index contributed by atoms with van der Waals surface area (Å²) in [6.07, 6.45) is -4.56. The highest BCUT2D eigenvalue weighted by atomic mass is 35.5. The average Bonchev–Trinajstić information content (AvgIpc) is 2.23. The molecule has 1 aromatic rings. The number of ether oxygens (including phenoxy) is 1. The molecule has 1 N–H and O–H groups in total. The van der Waals surface area contributed by atoms with Gasteiger partial charge in [0.25, 0.3) is 0 Å². The Morgan fingerprint density at radius 3 is 2.26 bits per heavy atom. The lowest BCUT2D eigenvalue weighted by atomic mass is 10.1. The van der Waals surface area contributed by atoms with Gasteiger partial charge in [-0.1, -0.05) is 11.6 Å². The summed E-state index contributed by atoms with van der Waals surface area (Å²) in [7, 11) is 0. The molecule has 0 aliphatic rings. The van der Waals surface area contributed by atoms with E-state index < -0.39 is 12.7 Å². The fourth-order valence-electron chi connectivity index (χ4n) is 1.67. The third kappa shape index (κ3) is 5.70. The number of hydrogen-bond acceptors (Lipinski definition) is 2. The van der Waals surface area contributed by atoms with Crippen LogP contribution < -0.4 is 10.1 Å². The van der Waals surface area contributed by atoms with E-state index in [4.69, 9.17) is 16.3 Å². The van der Waals surface area contributed by atoms with Crippen LogP contribution in [0.2, 0.25) is 5.02 Å². The van der Waals surface area contributed by atoms with Crippen LogP contribution in [0.4, 0.5) is 13.2 Å². The minimum Gasteiger partial charge on any atom is -0.489 e. The Kier molecular flexibility index (Phi) is 5.50. The van der Waals surface area contributed by atoms with Crippen molar-refractivity contribution in [1.82, 2.24) is 5.32 Å². The summed E-state index contributed by atoms with van der Waals surface area (Å²) in [5, 5.41) is 2.99. The Balaban J connectivity index is 2.51. The van der Waals surface area contributed by atoms with Crippen LogP contribution in [-0.4, -0.2) is 25.4 Å². The van der Waals surface area contributed by atoms with Gasteiger partial charge in [0.15, 0.2) is 0 Å². The van der Waals surface area contributed by atoms with E-state index in [1.165, 1.54) is 0 Å². The van der Waals surface area contributed by atoms with Crippen molar-refractivity contribution >= 4 is 11.6 Å². The van der Waals surface area contributed by atoms with Crippen molar-refractivity contribution in [3.8, 4) is 5.75 Å². The SMILES string of the molecule is Cc1cc(OC(C)CNCC(F)(F)F)cc(C)c1Cl. The monoisotopic (exact) mass is 295 g/mol. The second-order valence-electron chi connectivity index (χ2n) is 4.55. The van der Waals surface area contributed by atoms with Gasteiger partial charge in [0.2, 0.25) is 0 Å². The van der Waals surface area contributed by atoms with Crippen molar-refractivity contribution in [3.63, 3.8) is 0 Å². The maximum atomic E-state index is 12.0. The maximum absolute atomic E-state index is 12.0. The molecular formula is C13H17ClF3NO. The molecule has 108 valence electrons. The van der Waals surface area contributed by atoms with E-state index in [1.807, 2.05) is 13.8 Å². The molecule has 1 aromatic carbocycles. The molecule has 0 aromatic heterocycles. The average molecular weight is 296 g/mol. The van der Waals surface area contributed by atoms with Gasteiger partial charge < -0.3 is 10.1 Å². The zero-order chi connectivity index (χ0) is 14.6. The molecule has 0 fully saturated rings. The van der Waals surface area contributed by atoms with E-state index >= 15 is 0 Å². The molecule has 1 unspecified atom stereocenters. The molecule has 0 spiro atoms. The molecule has 0 saturated heterocycles. The van der Waals surface area contributed by atoms with Gasteiger partial charge in [-0.25, -0.2) is 0 Å². The Morgan fingerprint density at radius 2 is 1.79 bits per heavy atom. The lowest BCUT2D eigenvalue weighted by Gasteiger charge is -2.17. The van der Waals surface area contributed by atoms with E-state index in [0.717, 1.165) is 11.1 Å². The summed E-state index contributed by atoms with van der Waals surface area (Å²) in [4.78, 5) is 0. The molecule has 0 aliphatic heterocycles. The number of nitrogens with one attached hydrogen (secondary N) is 1. The standard InChI is InChI=1S/C13H17ClF3NO/c1-8-4-11(5-9(2)12(8)14)19-10(3)6-18-7-13(15,16)17/h4-5,10,18H,6-7H2,1-3H3. The first-order chi connectivity index (χ1) is 8.69. The topological polar surface area (TPSA) is 21.3 Å². The van der Waals surface area contributed by atoms with E-state index in [2.05, 4.69) is 5.32 Å². The number of alkyl halides is 3. The highest BCUT2D eigenvalue weighted by Gasteiger charge is 2.26. The van der Waals surface area contributed by atoms with Gasteiger partial charge in [0.05, 0.1) is 6.54 Å². The molecule has 0 saturated carbocycles. The molecule has 1 rings (SSSR count). The van der Waals surface area contributed by atoms with Crippen LogP contribution in [0.5, 0.6) is 5.75 Å². The second-order valence-corrected chi connectivity index (χ2v) is 4.92. The third-order valence-corrected chi connectivity index (χ3v) is 3.10. The second kappa shape index (κ2) is 6.48. The van der Waals surface area contributed by atoms with Gasteiger partial charge in [-0.05, 0) is 44.0 Å². The zero-order valence-electron chi connectivity index (χ0n) is 11.1. The summed E-state index contributed by atoms with van der Waals surface area (Å²) in [5.41, 5.74) is 1.76. The zero-order valence-corrected chi connectivity index (χ0v) is 11.8. The number of benzene rings is 1. The molecule has 0 radical (unpaired) electrons. The predicted octanol–water partition coefficient (Wildman–Crippen LogP) is 3.88. The van der Waals surface area contributed by atoms with Crippen LogP contribution in [-0.2, 0) is 0 Å². The summed E-state index contributed by atoms with van der Waals surface area (Å²) in [5.74, 6) is 0.612. The lowest BCUT2D eigenvalue weighted by molar-refractivity contribution is -0.125. The van der Waals surface area contributed by atoms with Crippen molar-refractivity contribution in [1.29, 1.82) is 0 Å². The molecule has 1 atom stereocenters. The van der Waals surface area contributed by atoms with Gasteiger partial charge in [0.1, 0.15) is 11.9 Å². The number of halogens is 4. The minimum absolute atomic E-state index is 0.125. The van der Waals surface area contributed by atoms with Crippen molar-refractivity contribution in [2.45, 2.75) is 33.1 Å². The molecule has 0 heterocycles. The Labute approximate surface area is 115 Å². The van der Waals surface area contributed by atoms with Crippen molar-refractivity contribution in [3.05, 3.63) is 28.3 Å². The fraction of sp³-hybridized carbons (Fsp3) is 0.538. The molecule has 0 amide bonds. The normalized spacial score (nSPS) is 13.4. The van der Waals surface area contributed by atoms with Gasteiger partial charge in [-0.2, -0.15) is 13.2 Å². The molecule has 0 aliphatic carbocycles. The summed E-state index contributed by atoms with van der Waals surface area (Å²) >= 11 is 6.03. The van der Waals surface area contributed by atoms with Gasteiger partial charge in [-0.3, -0.25) is 0 Å². The molecule has 6 heteroatoms. The highest BCUT2D eigenvalue weighted by molar-refractivity contribution is 6.32. The summed E-state index contributed by atoms with van der Waals surface area (Å²) < 4.78 is 41.5. The van der Waals surface area contributed by atoms with Crippen LogP contribution in [0.3, 0.4) is 0 Å². The molecule has 19 heavy (non-hydrogen) atoms. The van der Waals surface area contributed by atoms with Crippen LogP contribution >= 0.6 is 11.6 Å². The van der Waals surface area contributed by atoms with Crippen LogP contribution in [0.25, 0.3) is 0 Å². The maximum Gasteiger partial charge on any atom is 0.401 e. The van der Waals surface area contributed by atoms with Gasteiger partial charge in [-0.15, -0.1) is 0 Å². The smallest absolute Gasteiger partial charge is 0.401 e. The third-order valence-electron chi connectivity index (χ3n) is 2.50. The van der Waals surface area contributed by atoms with Gasteiger partial charge in [0, 0.05) is 11.6 Å². The Morgan fingerprint density at radius 1 is 1.26 bits per heavy atom. The van der Waals surface area contributed by atoms with Crippen molar-refractivity contribution < 1.29 is 17.9 Å². The van der Waals surface area contributed by atoms with Crippen LogP contribution in [0.1, 0.15) is 18.1 Å². The summed E-state index contributed by atoms with van der Waals surface area (Å²) in [6.45, 7) is 4.53. The van der Waals surface area contributed by atoms with Crippen molar-refractivity contribution in [2.24, 2.45) is 0 Å². The van der Waals surface area contributed by atoms with E-state index in [9.17, 15) is 13.2 Å². The van der Waals surface area contributed by atoms with E-state index in [1.54, 1.807) is 19.1 Å². The largest absolute Gasteiger partial charge is 0.489 e. The van der Waals surface area contributed by atoms with E-state index in [-0.39, 0.29) is 12.6 Å². The Hall–Kier alpha value is -0.940. The molecule has 0 bridgehead atoms. The fourth-order valence-corrected chi connectivity index (χ4v) is 1.77. The molecule has 2 nitrogen and oxygen atoms in total. The first kappa shape index (κ1) is 16.1. The Bertz CT molecular complexity index is 411. The highest BCUT2D eigenvalue weighted by Crippen LogP contribution is 2.26. The quantitative estimate of drug-likeness (QED) is 0.890. The predicted molar refractivity (Wildman–Crippen MR) is 69.9 cm³/mol. The van der Waals surface area contributed by atoms with Gasteiger partial charge >= 0.3 is 6.18 Å². The first-order valence-electron chi connectivity index (χ1n) is 5.90.